The highest BCUT2D eigenvalue weighted by molar-refractivity contribution is 7.97. The third kappa shape index (κ3) is 1.35. The number of nitrogens with two attached hydrogens (primary N) is 1. The van der Waals surface area contributed by atoms with E-state index in [9.17, 15) is 0 Å². The molecular formula is C5H11NS. The number of hydrogen-bond acceptors (Lipinski definition) is 2. The van der Waals surface area contributed by atoms with Crippen molar-refractivity contribution < 1.29 is 0 Å². The van der Waals surface area contributed by atoms with Crippen LogP contribution in [0.25, 0.3) is 0 Å². The summed E-state index contributed by atoms with van der Waals surface area (Å²) >= 11 is 1.47. The lowest BCUT2D eigenvalue weighted by atomic mass is 10.2. The lowest BCUT2D eigenvalue weighted by Crippen LogP contribution is -1.98. The second-order valence-electron chi connectivity index (χ2n) is 2.62. The van der Waals surface area contributed by atoms with Crippen LogP contribution in [0.1, 0.15) is 19.8 Å². The molecule has 0 aliphatic heterocycles. The first kappa shape index (κ1) is 5.45. The molecule has 0 aromatic carbocycles. The summed E-state index contributed by atoms with van der Waals surface area (Å²) < 4.78 is 0. The molecule has 0 aromatic rings. The normalized spacial score (nSPS) is 24.9. The summed E-state index contributed by atoms with van der Waals surface area (Å²) in [6.07, 6.45) is 2.77. The van der Waals surface area contributed by atoms with Crippen molar-refractivity contribution in [2.75, 3.05) is 5.75 Å². The Bertz CT molecular complexity index is 68.5. The molecular weight excluding hydrogens is 106 g/mol. The van der Waals surface area contributed by atoms with Crippen LogP contribution >= 0.6 is 11.9 Å². The van der Waals surface area contributed by atoms with E-state index >= 15 is 0 Å². The maximum absolute atomic E-state index is 5.27. The van der Waals surface area contributed by atoms with Crippen LogP contribution in [0.2, 0.25) is 0 Å². The van der Waals surface area contributed by atoms with E-state index in [0.29, 0.717) is 5.41 Å². The fourth-order valence-corrected chi connectivity index (χ4v) is 1.25. The lowest BCUT2D eigenvalue weighted by Gasteiger charge is -2.00. The van der Waals surface area contributed by atoms with Gasteiger partial charge in [0.25, 0.3) is 0 Å². The van der Waals surface area contributed by atoms with Crippen LogP contribution in [-0.4, -0.2) is 5.75 Å². The summed E-state index contributed by atoms with van der Waals surface area (Å²) in [5.74, 6) is 1.15. The van der Waals surface area contributed by atoms with E-state index in [1.807, 2.05) is 0 Å². The zero-order chi connectivity index (χ0) is 5.33. The summed E-state index contributed by atoms with van der Waals surface area (Å²) in [5, 5.41) is 5.27. The van der Waals surface area contributed by atoms with Crippen molar-refractivity contribution in [3.63, 3.8) is 0 Å². The molecule has 1 nitrogen and oxygen atoms in total. The maximum Gasteiger partial charge on any atom is 0.0130 e. The highest BCUT2D eigenvalue weighted by Crippen LogP contribution is 2.46. The first-order chi connectivity index (χ1) is 3.27. The Morgan fingerprint density at radius 2 is 2.29 bits per heavy atom. The summed E-state index contributed by atoms with van der Waals surface area (Å²) in [4.78, 5) is 0. The molecule has 7 heavy (non-hydrogen) atoms. The average Bonchev–Trinajstić information content (AvgIpc) is 2.22. The predicted molar refractivity (Wildman–Crippen MR) is 34.0 cm³/mol. The molecule has 0 saturated heterocycles. The van der Waals surface area contributed by atoms with Crippen LogP contribution in [0.15, 0.2) is 0 Å². The van der Waals surface area contributed by atoms with Gasteiger partial charge in [0.05, 0.1) is 0 Å². The van der Waals surface area contributed by atoms with Gasteiger partial charge in [-0.1, -0.05) is 18.9 Å². The fourth-order valence-electron chi connectivity index (χ4n) is 0.559. The summed E-state index contributed by atoms with van der Waals surface area (Å²) in [5.41, 5.74) is 0.638. The van der Waals surface area contributed by atoms with Gasteiger partial charge in [0.15, 0.2) is 0 Å². The minimum absolute atomic E-state index is 0.638. The Labute approximate surface area is 48.8 Å². The molecule has 0 spiro atoms. The smallest absolute Gasteiger partial charge is 0.0130 e. The zero-order valence-electron chi connectivity index (χ0n) is 4.61. The molecule has 0 unspecified atom stereocenters. The van der Waals surface area contributed by atoms with Gasteiger partial charge in [0, 0.05) is 5.75 Å². The van der Waals surface area contributed by atoms with E-state index in [1.54, 1.807) is 0 Å². The third-order valence-electron chi connectivity index (χ3n) is 1.54. The van der Waals surface area contributed by atoms with Crippen LogP contribution in [0.5, 0.6) is 0 Å². The largest absolute Gasteiger partial charge is 0.278 e. The molecule has 0 amide bonds. The Morgan fingerprint density at radius 3 is 2.43 bits per heavy atom. The molecule has 0 heterocycles. The SMILES string of the molecule is CC1(CSN)CC1. The Morgan fingerprint density at radius 1 is 1.71 bits per heavy atom. The van der Waals surface area contributed by atoms with Crippen LogP contribution in [0, 0.1) is 5.41 Å². The third-order valence-corrected chi connectivity index (χ3v) is 2.40. The summed E-state index contributed by atoms with van der Waals surface area (Å²) in [7, 11) is 0. The molecule has 1 fully saturated rings. The quantitative estimate of drug-likeness (QED) is 0.553. The first-order valence-corrected chi connectivity index (χ1v) is 3.63. The van der Waals surface area contributed by atoms with Crippen molar-refractivity contribution in [1.82, 2.24) is 0 Å². The van der Waals surface area contributed by atoms with Crippen molar-refractivity contribution in [3.8, 4) is 0 Å². The van der Waals surface area contributed by atoms with E-state index in [4.69, 9.17) is 5.14 Å². The van der Waals surface area contributed by atoms with E-state index in [-0.39, 0.29) is 0 Å². The average molecular weight is 117 g/mol. The molecule has 1 aliphatic rings. The van der Waals surface area contributed by atoms with Gasteiger partial charge in [-0.3, -0.25) is 5.14 Å². The topological polar surface area (TPSA) is 26.0 Å². The van der Waals surface area contributed by atoms with E-state index in [2.05, 4.69) is 6.92 Å². The number of rotatable bonds is 2. The Hall–Kier alpha value is 0.310. The van der Waals surface area contributed by atoms with Crippen LogP contribution in [-0.2, 0) is 0 Å². The zero-order valence-corrected chi connectivity index (χ0v) is 5.42. The molecule has 0 radical (unpaired) electrons. The van der Waals surface area contributed by atoms with Crippen molar-refractivity contribution in [1.29, 1.82) is 0 Å². The molecule has 0 bridgehead atoms. The van der Waals surface area contributed by atoms with Crippen molar-refractivity contribution >= 4 is 11.9 Å². The van der Waals surface area contributed by atoms with Crippen molar-refractivity contribution in [3.05, 3.63) is 0 Å². The molecule has 1 rings (SSSR count). The van der Waals surface area contributed by atoms with E-state index in [0.717, 1.165) is 5.75 Å². The van der Waals surface area contributed by atoms with Gasteiger partial charge in [-0.25, -0.2) is 0 Å². The lowest BCUT2D eigenvalue weighted by molar-refractivity contribution is 0.667. The van der Waals surface area contributed by atoms with E-state index < -0.39 is 0 Å². The summed E-state index contributed by atoms with van der Waals surface area (Å²) in [6.45, 7) is 2.28. The van der Waals surface area contributed by atoms with Gasteiger partial charge in [0.2, 0.25) is 0 Å². The van der Waals surface area contributed by atoms with Crippen molar-refractivity contribution in [2.45, 2.75) is 19.8 Å². The second-order valence-corrected chi connectivity index (χ2v) is 3.24. The molecule has 1 aliphatic carbocycles. The minimum Gasteiger partial charge on any atom is -0.278 e. The standard InChI is InChI=1S/C5H11NS/c1-5(2-3-5)4-7-6/h2-4,6H2,1H3. The Kier molecular flexibility index (Phi) is 1.30. The highest BCUT2D eigenvalue weighted by Gasteiger charge is 2.36. The van der Waals surface area contributed by atoms with Gasteiger partial charge in [0.1, 0.15) is 0 Å². The van der Waals surface area contributed by atoms with E-state index in [1.165, 1.54) is 24.8 Å². The van der Waals surface area contributed by atoms with Crippen molar-refractivity contribution in [2.24, 2.45) is 10.6 Å². The molecule has 42 valence electrons. The molecule has 2 N–H and O–H groups in total. The number of hydrogen-bond donors (Lipinski definition) is 1. The minimum atomic E-state index is 0.638. The maximum atomic E-state index is 5.27. The van der Waals surface area contributed by atoms with Crippen LogP contribution < -0.4 is 5.14 Å². The second kappa shape index (κ2) is 1.67. The van der Waals surface area contributed by atoms with Gasteiger partial charge < -0.3 is 0 Å². The van der Waals surface area contributed by atoms with Gasteiger partial charge in [-0.15, -0.1) is 0 Å². The van der Waals surface area contributed by atoms with Crippen LogP contribution in [0.4, 0.5) is 0 Å². The fraction of sp³-hybridized carbons (Fsp3) is 1.00. The molecule has 1 saturated carbocycles. The van der Waals surface area contributed by atoms with Gasteiger partial charge >= 0.3 is 0 Å². The van der Waals surface area contributed by atoms with Gasteiger partial charge in [-0.2, -0.15) is 0 Å². The summed E-state index contributed by atoms with van der Waals surface area (Å²) in [6, 6.07) is 0. The predicted octanol–water partition coefficient (Wildman–Crippen LogP) is 1.39. The first-order valence-electron chi connectivity index (χ1n) is 2.59. The molecule has 2 heteroatoms. The Balaban J connectivity index is 2.13. The monoisotopic (exact) mass is 117 g/mol. The van der Waals surface area contributed by atoms with Crippen LogP contribution in [0.3, 0.4) is 0 Å². The molecule has 0 atom stereocenters. The highest BCUT2D eigenvalue weighted by atomic mass is 32.2. The molecule has 0 aromatic heterocycles. The van der Waals surface area contributed by atoms with Gasteiger partial charge in [-0.05, 0) is 18.3 Å².